The van der Waals surface area contributed by atoms with Crippen LogP contribution in [0.2, 0.25) is 0 Å². The lowest BCUT2D eigenvalue weighted by molar-refractivity contribution is -0.143. The number of carbonyl (C=O) groups excluding carboxylic acids is 4. The molecule has 10 N–H and O–H groups in total. The topological polar surface area (TPSA) is 247 Å². The Morgan fingerprint density at radius 2 is 1.63 bits per heavy atom. The van der Waals surface area contributed by atoms with E-state index < -0.39 is 73.1 Å². The molecule has 3 unspecified atom stereocenters. The van der Waals surface area contributed by atoms with Crippen LogP contribution in [0.15, 0.2) is 30.5 Å². The van der Waals surface area contributed by atoms with Crippen LogP contribution in [-0.2, 0) is 35.2 Å². The summed E-state index contributed by atoms with van der Waals surface area (Å²) in [6, 6.07) is 2.96. The number of nitrogens with two attached hydrogens (primary N) is 2. The molecule has 2 aromatic rings. The Morgan fingerprint density at radius 3 is 2.26 bits per heavy atom. The number of carbonyl (C=O) groups is 6. The molecule has 0 bridgehead atoms. The second-order valence-corrected chi connectivity index (χ2v) is 7.68. The van der Waals surface area contributed by atoms with Gasteiger partial charge in [0.15, 0.2) is 0 Å². The maximum Gasteiger partial charge on any atom is 0.326 e. The number of aliphatic carboxylic acids is 2. The van der Waals surface area contributed by atoms with Gasteiger partial charge in [-0.15, -0.1) is 0 Å². The van der Waals surface area contributed by atoms with Gasteiger partial charge >= 0.3 is 11.9 Å². The van der Waals surface area contributed by atoms with Crippen molar-refractivity contribution in [3.63, 3.8) is 0 Å². The molecule has 2 rings (SSSR count). The number of amides is 4. The molecule has 0 spiro atoms. The number of primary amides is 1. The highest BCUT2D eigenvalue weighted by molar-refractivity contribution is 5.94. The first kappa shape index (κ1) is 26.8. The highest BCUT2D eigenvalue weighted by Crippen LogP contribution is 2.19. The predicted molar refractivity (Wildman–Crippen MR) is 121 cm³/mol. The minimum absolute atomic E-state index is 0.0254. The first-order valence-electron chi connectivity index (χ1n) is 10.4. The summed E-state index contributed by atoms with van der Waals surface area (Å²) in [6.07, 6.45) is 0.312. The van der Waals surface area contributed by atoms with E-state index in [1.165, 1.54) is 0 Å². The summed E-state index contributed by atoms with van der Waals surface area (Å²) in [5.74, 6) is -6.33. The van der Waals surface area contributed by atoms with Crippen LogP contribution in [0.1, 0.15) is 18.4 Å². The van der Waals surface area contributed by atoms with E-state index in [9.17, 15) is 28.8 Å². The summed E-state index contributed by atoms with van der Waals surface area (Å²) < 4.78 is 0. The quantitative estimate of drug-likeness (QED) is 0.148. The van der Waals surface area contributed by atoms with Crippen LogP contribution in [0.25, 0.3) is 10.9 Å². The van der Waals surface area contributed by atoms with Gasteiger partial charge in [0, 0.05) is 23.5 Å². The Labute approximate surface area is 198 Å². The Kier molecular flexibility index (Phi) is 9.28. The molecule has 1 aromatic heterocycles. The van der Waals surface area contributed by atoms with Crippen LogP contribution in [0.5, 0.6) is 0 Å². The lowest BCUT2D eigenvalue weighted by Gasteiger charge is -2.20. The molecule has 14 heteroatoms. The van der Waals surface area contributed by atoms with Crippen molar-refractivity contribution in [2.75, 3.05) is 6.54 Å². The van der Waals surface area contributed by atoms with Gasteiger partial charge in [-0.25, -0.2) is 4.79 Å². The van der Waals surface area contributed by atoms with Crippen LogP contribution < -0.4 is 27.4 Å². The van der Waals surface area contributed by atoms with Crippen molar-refractivity contribution in [2.24, 2.45) is 11.5 Å². The molecule has 4 amide bonds. The van der Waals surface area contributed by atoms with Gasteiger partial charge in [0.25, 0.3) is 0 Å². The van der Waals surface area contributed by atoms with E-state index in [0.717, 1.165) is 10.9 Å². The molecule has 0 aliphatic heterocycles. The molecule has 0 fully saturated rings. The van der Waals surface area contributed by atoms with Crippen molar-refractivity contribution < 1.29 is 39.0 Å². The molecule has 3 atom stereocenters. The predicted octanol–water partition coefficient (Wildman–Crippen LogP) is -2.44. The molecular formula is C21H26N6O8. The van der Waals surface area contributed by atoms with Crippen molar-refractivity contribution in [3.8, 4) is 0 Å². The summed E-state index contributed by atoms with van der Waals surface area (Å²) in [4.78, 5) is 73.3. The normalized spacial score (nSPS) is 13.3. The van der Waals surface area contributed by atoms with Gasteiger partial charge < -0.3 is 42.6 Å². The molecule has 1 heterocycles. The largest absolute Gasteiger partial charge is 0.481 e. The number of hydrogen-bond donors (Lipinski definition) is 8. The molecule has 35 heavy (non-hydrogen) atoms. The third-order valence-electron chi connectivity index (χ3n) is 4.93. The third-order valence-corrected chi connectivity index (χ3v) is 4.93. The molecule has 0 radical (unpaired) electrons. The average Bonchev–Trinajstić information content (AvgIpc) is 3.18. The lowest BCUT2D eigenvalue weighted by Crippen LogP contribution is -2.54. The van der Waals surface area contributed by atoms with Gasteiger partial charge in [-0.3, -0.25) is 24.0 Å². The van der Waals surface area contributed by atoms with Crippen molar-refractivity contribution >= 4 is 46.5 Å². The number of para-hydroxylation sites is 1. The fourth-order valence-electron chi connectivity index (χ4n) is 3.23. The zero-order chi connectivity index (χ0) is 26.1. The molecule has 0 aliphatic carbocycles. The van der Waals surface area contributed by atoms with Crippen LogP contribution in [0.4, 0.5) is 0 Å². The van der Waals surface area contributed by atoms with Crippen molar-refractivity contribution in [3.05, 3.63) is 36.0 Å². The van der Waals surface area contributed by atoms with Crippen molar-refractivity contribution in [1.82, 2.24) is 20.9 Å². The van der Waals surface area contributed by atoms with Gasteiger partial charge in [-0.1, -0.05) is 18.2 Å². The fraction of sp³-hybridized carbons (Fsp3) is 0.333. The second kappa shape index (κ2) is 12.1. The van der Waals surface area contributed by atoms with E-state index >= 15 is 0 Å². The van der Waals surface area contributed by atoms with Crippen LogP contribution in [-0.4, -0.2) is 75.4 Å². The lowest BCUT2D eigenvalue weighted by atomic mass is 10.0. The summed E-state index contributed by atoms with van der Waals surface area (Å²) in [6.45, 7) is -0.664. The van der Waals surface area contributed by atoms with E-state index in [2.05, 4.69) is 20.9 Å². The third kappa shape index (κ3) is 8.12. The van der Waals surface area contributed by atoms with Gasteiger partial charge in [0.1, 0.15) is 12.1 Å². The van der Waals surface area contributed by atoms with Gasteiger partial charge in [0.2, 0.25) is 23.6 Å². The minimum atomic E-state index is -1.58. The number of carboxylic acids is 2. The van der Waals surface area contributed by atoms with Crippen LogP contribution >= 0.6 is 0 Å². The van der Waals surface area contributed by atoms with Crippen molar-refractivity contribution in [2.45, 2.75) is 37.4 Å². The number of hydrogen-bond acceptors (Lipinski definition) is 7. The first-order chi connectivity index (χ1) is 16.5. The Balaban J connectivity index is 2.12. The summed E-state index contributed by atoms with van der Waals surface area (Å²) in [5.41, 5.74) is 12.0. The van der Waals surface area contributed by atoms with E-state index in [-0.39, 0.29) is 6.42 Å². The monoisotopic (exact) mass is 490 g/mol. The molecule has 0 saturated carbocycles. The van der Waals surface area contributed by atoms with Gasteiger partial charge in [-0.05, 0) is 11.6 Å². The zero-order valence-corrected chi connectivity index (χ0v) is 18.4. The second-order valence-electron chi connectivity index (χ2n) is 7.68. The Hall–Kier alpha value is -4.46. The molecule has 0 aliphatic rings. The van der Waals surface area contributed by atoms with Gasteiger partial charge in [0.05, 0.1) is 25.4 Å². The number of H-pyrrole nitrogens is 1. The molecule has 14 nitrogen and oxygen atoms in total. The van der Waals surface area contributed by atoms with E-state index in [1.54, 1.807) is 24.4 Å². The number of carboxylic acid groups (broad SMARTS) is 2. The number of aromatic nitrogens is 1. The highest BCUT2D eigenvalue weighted by atomic mass is 16.4. The van der Waals surface area contributed by atoms with E-state index in [4.69, 9.17) is 21.7 Å². The number of nitrogens with one attached hydrogen (secondary N) is 4. The fourth-order valence-corrected chi connectivity index (χ4v) is 3.23. The molecular weight excluding hydrogens is 464 g/mol. The molecule has 1 aromatic carbocycles. The van der Waals surface area contributed by atoms with Gasteiger partial charge in [-0.2, -0.15) is 0 Å². The molecule has 0 saturated heterocycles. The summed E-state index contributed by atoms with van der Waals surface area (Å²) in [5, 5.41) is 25.4. The zero-order valence-electron chi connectivity index (χ0n) is 18.4. The van der Waals surface area contributed by atoms with E-state index in [0.29, 0.717) is 5.56 Å². The Bertz CT molecular complexity index is 1130. The van der Waals surface area contributed by atoms with Crippen molar-refractivity contribution in [1.29, 1.82) is 0 Å². The first-order valence-corrected chi connectivity index (χ1v) is 10.4. The minimum Gasteiger partial charge on any atom is -0.481 e. The van der Waals surface area contributed by atoms with Crippen LogP contribution in [0.3, 0.4) is 0 Å². The molecule has 188 valence electrons. The smallest absolute Gasteiger partial charge is 0.326 e. The standard InChI is InChI=1S/C21H26N6O8/c22-12(6-18(30)31)19(32)27-14(5-10-8-24-13-4-2-1-3-11(10)13)20(33)25-9-17(29)26-15(21(34)35)7-16(23)28/h1-4,8,12,14-15,24H,5-7,9,22H2,(H2,23,28)(H,25,33)(H,26,29)(H,27,32)(H,30,31)(H,34,35). The van der Waals surface area contributed by atoms with E-state index in [1.807, 2.05) is 6.07 Å². The number of benzene rings is 1. The summed E-state index contributed by atoms with van der Waals surface area (Å²) in [7, 11) is 0. The number of aromatic amines is 1. The maximum atomic E-state index is 12.8. The summed E-state index contributed by atoms with van der Waals surface area (Å²) >= 11 is 0. The maximum absolute atomic E-state index is 12.8. The number of fused-ring (bicyclic) bond motifs is 1. The highest BCUT2D eigenvalue weighted by Gasteiger charge is 2.27. The number of rotatable bonds is 13. The average molecular weight is 490 g/mol. The SMILES string of the molecule is NC(=O)CC(NC(=O)CNC(=O)C(Cc1c[nH]c2ccccc12)NC(=O)C(N)CC(=O)O)C(=O)O. The Morgan fingerprint density at radius 1 is 0.943 bits per heavy atom. The van der Waals surface area contributed by atoms with Crippen LogP contribution in [0, 0.1) is 0 Å².